The number of carbonyl (C=O) groups excluding carboxylic acids is 1. The van der Waals surface area contributed by atoms with Crippen molar-refractivity contribution in [3.8, 4) is 0 Å². The molecule has 0 saturated carbocycles. The molecule has 0 bridgehead atoms. The van der Waals surface area contributed by atoms with Gasteiger partial charge in [0.2, 0.25) is 5.91 Å². The predicted octanol–water partition coefficient (Wildman–Crippen LogP) is 3.39. The van der Waals surface area contributed by atoms with E-state index in [0.29, 0.717) is 18.9 Å². The molecular weight excluding hydrogens is 330 g/mol. The van der Waals surface area contributed by atoms with E-state index in [1.165, 1.54) is 16.1 Å². The first kappa shape index (κ1) is 17.9. The molecule has 3 rings (SSSR count). The molecule has 23 heavy (non-hydrogen) atoms. The van der Waals surface area contributed by atoms with Crippen LogP contribution in [0.25, 0.3) is 0 Å². The maximum Gasteiger partial charge on any atom is 0.227 e. The summed E-state index contributed by atoms with van der Waals surface area (Å²) < 4.78 is 0. The van der Waals surface area contributed by atoms with Crippen molar-refractivity contribution >= 4 is 34.8 Å². The SMILES string of the molecule is CNCCC(=O)Nc1nc2c(s1)CC(c1ccccc1)CC2.Cl. The molecule has 1 amide bonds. The second kappa shape index (κ2) is 8.43. The average molecular weight is 352 g/mol. The van der Waals surface area contributed by atoms with Crippen molar-refractivity contribution in [1.29, 1.82) is 0 Å². The minimum Gasteiger partial charge on any atom is -0.319 e. The van der Waals surface area contributed by atoms with Crippen LogP contribution in [0.3, 0.4) is 0 Å². The van der Waals surface area contributed by atoms with Gasteiger partial charge in [-0.15, -0.1) is 23.7 Å². The molecular formula is C17H22ClN3OS. The molecule has 4 nitrogen and oxygen atoms in total. The van der Waals surface area contributed by atoms with Gasteiger partial charge in [0.05, 0.1) is 5.69 Å². The van der Waals surface area contributed by atoms with E-state index in [2.05, 4.69) is 45.9 Å². The van der Waals surface area contributed by atoms with E-state index >= 15 is 0 Å². The first-order valence-electron chi connectivity index (χ1n) is 7.74. The maximum atomic E-state index is 11.8. The second-order valence-electron chi connectivity index (χ2n) is 5.64. The van der Waals surface area contributed by atoms with E-state index in [0.717, 1.165) is 24.4 Å². The number of nitrogens with zero attached hydrogens (tertiary/aromatic N) is 1. The van der Waals surface area contributed by atoms with Crippen LogP contribution in [-0.4, -0.2) is 24.5 Å². The highest BCUT2D eigenvalue weighted by atomic mass is 35.5. The molecule has 124 valence electrons. The number of nitrogens with one attached hydrogen (secondary N) is 2. The van der Waals surface area contributed by atoms with Crippen LogP contribution >= 0.6 is 23.7 Å². The van der Waals surface area contributed by atoms with Gasteiger partial charge in [0.15, 0.2) is 5.13 Å². The Morgan fingerprint density at radius 3 is 2.87 bits per heavy atom. The average Bonchev–Trinajstić information content (AvgIpc) is 2.95. The van der Waals surface area contributed by atoms with Crippen LogP contribution in [0.15, 0.2) is 30.3 Å². The highest BCUT2D eigenvalue weighted by molar-refractivity contribution is 7.15. The van der Waals surface area contributed by atoms with E-state index < -0.39 is 0 Å². The molecule has 1 aromatic carbocycles. The lowest BCUT2D eigenvalue weighted by Gasteiger charge is -2.21. The van der Waals surface area contributed by atoms with Gasteiger partial charge in [-0.2, -0.15) is 0 Å². The Hall–Kier alpha value is -1.43. The number of anilines is 1. The van der Waals surface area contributed by atoms with Crippen molar-refractivity contribution in [3.63, 3.8) is 0 Å². The molecule has 2 N–H and O–H groups in total. The van der Waals surface area contributed by atoms with Crippen LogP contribution in [0.5, 0.6) is 0 Å². The molecule has 6 heteroatoms. The standard InChI is InChI=1S/C17H21N3OS.ClH/c1-18-10-9-16(21)20-17-19-14-8-7-13(11-15(14)22-17)12-5-3-2-4-6-12;/h2-6,13,18H,7-11H2,1H3,(H,19,20,21);1H. The largest absolute Gasteiger partial charge is 0.319 e. The van der Waals surface area contributed by atoms with Crippen LogP contribution in [0.1, 0.15) is 34.9 Å². The third-order valence-electron chi connectivity index (χ3n) is 4.06. The van der Waals surface area contributed by atoms with Crippen LogP contribution in [0.4, 0.5) is 5.13 Å². The molecule has 1 heterocycles. The Balaban J connectivity index is 0.00000192. The van der Waals surface area contributed by atoms with Crippen molar-refractivity contribution in [3.05, 3.63) is 46.5 Å². The fraction of sp³-hybridized carbons (Fsp3) is 0.412. The third kappa shape index (κ3) is 4.53. The first-order chi connectivity index (χ1) is 10.8. The predicted molar refractivity (Wildman–Crippen MR) is 97.7 cm³/mol. The Bertz CT molecular complexity index is 645. The summed E-state index contributed by atoms with van der Waals surface area (Å²) in [4.78, 5) is 17.7. The molecule has 0 fully saturated rings. The van der Waals surface area contributed by atoms with Crippen LogP contribution in [0.2, 0.25) is 0 Å². The number of aromatic nitrogens is 1. The molecule has 0 spiro atoms. The van der Waals surface area contributed by atoms with Gasteiger partial charge in [-0.1, -0.05) is 30.3 Å². The molecule has 1 aliphatic carbocycles. The van der Waals surface area contributed by atoms with Gasteiger partial charge in [0, 0.05) is 17.8 Å². The summed E-state index contributed by atoms with van der Waals surface area (Å²) in [7, 11) is 1.85. The highest BCUT2D eigenvalue weighted by Gasteiger charge is 2.24. The number of carbonyl (C=O) groups is 1. The van der Waals surface area contributed by atoms with Gasteiger partial charge in [0.1, 0.15) is 0 Å². The van der Waals surface area contributed by atoms with Gasteiger partial charge in [0.25, 0.3) is 0 Å². The zero-order chi connectivity index (χ0) is 15.4. The lowest BCUT2D eigenvalue weighted by Crippen LogP contribution is -2.18. The fourth-order valence-electron chi connectivity index (χ4n) is 2.86. The van der Waals surface area contributed by atoms with E-state index in [9.17, 15) is 4.79 Å². The number of benzene rings is 1. The number of hydrogen-bond donors (Lipinski definition) is 2. The summed E-state index contributed by atoms with van der Waals surface area (Å²) in [6.45, 7) is 0.688. The van der Waals surface area contributed by atoms with Crippen molar-refractivity contribution in [2.45, 2.75) is 31.6 Å². The third-order valence-corrected chi connectivity index (χ3v) is 5.09. The quantitative estimate of drug-likeness (QED) is 0.868. The Labute approximate surface area is 147 Å². The summed E-state index contributed by atoms with van der Waals surface area (Å²) in [6, 6.07) is 10.7. The number of amides is 1. The summed E-state index contributed by atoms with van der Waals surface area (Å²) in [6.07, 6.45) is 3.64. The zero-order valence-electron chi connectivity index (χ0n) is 13.2. The summed E-state index contributed by atoms with van der Waals surface area (Å²) in [5.41, 5.74) is 2.57. The van der Waals surface area contributed by atoms with Crippen LogP contribution in [-0.2, 0) is 17.6 Å². The molecule has 1 atom stereocenters. The Morgan fingerprint density at radius 2 is 2.13 bits per heavy atom. The van der Waals surface area contributed by atoms with Crippen LogP contribution in [0, 0.1) is 0 Å². The lowest BCUT2D eigenvalue weighted by atomic mass is 9.85. The molecule has 1 unspecified atom stereocenters. The maximum absolute atomic E-state index is 11.8. The van der Waals surface area contributed by atoms with Gasteiger partial charge < -0.3 is 10.6 Å². The molecule has 0 aliphatic heterocycles. The summed E-state index contributed by atoms with van der Waals surface area (Å²) in [5.74, 6) is 0.599. The van der Waals surface area contributed by atoms with Crippen LogP contribution < -0.4 is 10.6 Å². The smallest absolute Gasteiger partial charge is 0.227 e. The molecule has 2 aromatic rings. The van der Waals surface area contributed by atoms with E-state index in [1.807, 2.05) is 7.05 Å². The lowest BCUT2D eigenvalue weighted by molar-refractivity contribution is -0.116. The molecule has 0 saturated heterocycles. The number of hydrogen-bond acceptors (Lipinski definition) is 4. The van der Waals surface area contributed by atoms with Gasteiger partial charge in [-0.05, 0) is 37.8 Å². The van der Waals surface area contributed by atoms with Crippen molar-refractivity contribution in [1.82, 2.24) is 10.3 Å². The summed E-state index contributed by atoms with van der Waals surface area (Å²) in [5, 5.41) is 6.65. The van der Waals surface area contributed by atoms with E-state index in [1.54, 1.807) is 11.3 Å². The number of aryl methyl sites for hydroxylation is 1. The first-order valence-corrected chi connectivity index (χ1v) is 8.56. The van der Waals surface area contributed by atoms with E-state index in [4.69, 9.17) is 0 Å². The highest BCUT2D eigenvalue weighted by Crippen LogP contribution is 2.36. The number of thiazole rings is 1. The number of rotatable bonds is 5. The number of fused-ring (bicyclic) bond motifs is 1. The van der Waals surface area contributed by atoms with Gasteiger partial charge >= 0.3 is 0 Å². The second-order valence-corrected chi connectivity index (χ2v) is 6.72. The Kier molecular flexibility index (Phi) is 6.57. The minimum atomic E-state index is 0. The fourth-order valence-corrected chi connectivity index (χ4v) is 3.96. The van der Waals surface area contributed by atoms with Crippen molar-refractivity contribution in [2.75, 3.05) is 18.9 Å². The van der Waals surface area contributed by atoms with Crippen molar-refractivity contribution in [2.24, 2.45) is 0 Å². The topological polar surface area (TPSA) is 54.0 Å². The molecule has 0 radical (unpaired) electrons. The number of halogens is 1. The Morgan fingerprint density at radius 1 is 1.35 bits per heavy atom. The molecule has 1 aromatic heterocycles. The normalized spacial score (nSPS) is 16.3. The monoisotopic (exact) mass is 351 g/mol. The minimum absolute atomic E-state index is 0. The van der Waals surface area contributed by atoms with Gasteiger partial charge in [-0.3, -0.25) is 4.79 Å². The van der Waals surface area contributed by atoms with Gasteiger partial charge in [-0.25, -0.2) is 4.98 Å². The summed E-state index contributed by atoms with van der Waals surface area (Å²) >= 11 is 1.63. The van der Waals surface area contributed by atoms with Crippen molar-refractivity contribution < 1.29 is 4.79 Å². The zero-order valence-corrected chi connectivity index (χ0v) is 14.8. The molecule has 1 aliphatic rings. The van der Waals surface area contributed by atoms with E-state index in [-0.39, 0.29) is 18.3 Å².